The number of hydrogen-bond acceptors (Lipinski definition) is 5. The third-order valence-electron chi connectivity index (χ3n) is 4.09. The van der Waals surface area contributed by atoms with Gasteiger partial charge in [0.15, 0.2) is 5.13 Å². The van der Waals surface area contributed by atoms with Crippen LogP contribution in [0.15, 0.2) is 60.8 Å². The number of amides is 1. The van der Waals surface area contributed by atoms with Gasteiger partial charge in [-0.05, 0) is 24.6 Å². The molecule has 2 aromatic heterocycles. The second kappa shape index (κ2) is 8.00. The fraction of sp³-hybridized carbons (Fsp3) is 0.0952. The van der Waals surface area contributed by atoms with Gasteiger partial charge < -0.3 is 0 Å². The largest absolute Gasteiger partial charge is 0.297 e. The number of aryl methyl sites for hydroxylation is 1. The predicted molar refractivity (Wildman–Crippen MR) is 112 cm³/mol. The zero-order valence-corrected chi connectivity index (χ0v) is 16.6. The van der Waals surface area contributed by atoms with E-state index in [0.29, 0.717) is 22.1 Å². The number of carbonyl (C=O) groups excluding carboxylic acids is 1. The highest BCUT2D eigenvalue weighted by atomic mass is 32.1. The van der Waals surface area contributed by atoms with E-state index in [1.54, 1.807) is 18.3 Å². The van der Waals surface area contributed by atoms with Crippen LogP contribution >= 0.6 is 22.7 Å². The van der Waals surface area contributed by atoms with E-state index < -0.39 is 0 Å². The van der Waals surface area contributed by atoms with Crippen molar-refractivity contribution in [3.63, 3.8) is 0 Å². The minimum atomic E-state index is -0.254. The van der Waals surface area contributed by atoms with Crippen molar-refractivity contribution in [3.8, 4) is 10.6 Å². The van der Waals surface area contributed by atoms with Gasteiger partial charge in [0.25, 0.3) is 5.91 Å². The summed E-state index contributed by atoms with van der Waals surface area (Å²) in [6.45, 7) is 1.83. The van der Waals surface area contributed by atoms with Gasteiger partial charge in [-0.2, -0.15) is 0 Å². The lowest BCUT2D eigenvalue weighted by Crippen LogP contribution is -2.11. The van der Waals surface area contributed by atoms with Gasteiger partial charge in [0.05, 0.1) is 5.69 Å². The maximum atomic E-state index is 13.0. The average Bonchev–Trinajstić information content (AvgIpc) is 3.30. The molecule has 0 radical (unpaired) electrons. The number of aromatic nitrogens is 2. The Kier molecular flexibility index (Phi) is 5.27. The third kappa shape index (κ3) is 4.16. The number of halogens is 1. The molecule has 4 nitrogen and oxygen atoms in total. The Hall–Kier alpha value is -2.90. The monoisotopic (exact) mass is 409 g/mol. The van der Waals surface area contributed by atoms with Crippen molar-refractivity contribution in [2.75, 3.05) is 5.32 Å². The molecule has 0 spiro atoms. The van der Waals surface area contributed by atoms with E-state index in [-0.39, 0.29) is 11.7 Å². The number of thiazole rings is 2. The minimum absolute atomic E-state index is 0.208. The predicted octanol–water partition coefficient (Wildman–Crippen LogP) is 5.56. The lowest BCUT2D eigenvalue weighted by Gasteiger charge is -1.99. The SMILES string of the molecule is Cc1nc(-c2ccccc2)sc1C(=O)Nc1ncc(Cc2ccc(F)cc2)s1. The van der Waals surface area contributed by atoms with Gasteiger partial charge in [-0.1, -0.05) is 42.5 Å². The smallest absolute Gasteiger partial charge is 0.269 e. The highest BCUT2D eigenvalue weighted by Gasteiger charge is 2.17. The quantitative estimate of drug-likeness (QED) is 0.470. The van der Waals surface area contributed by atoms with E-state index in [1.165, 1.54) is 34.8 Å². The second-order valence-electron chi connectivity index (χ2n) is 6.19. The first kappa shape index (κ1) is 18.5. The Morgan fingerprint density at radius 3 is 2.57 bits per heavy atom. The van der Waals surface area contributed by atoms with Crippen LogP contribution < -0.4 is 5.32 Å². The van der Waals surface area contributed by atoms with Crippen molar-refractivity contribution in [2.45, 2.75) is 13.3 Å². The van der Waals surface area contributed by atoms with Crippen LogP contribution in [-0.4, -0.2) is 15.9 Å². The standard InChI is InChI=1S/C21H16FN3OS2/c1-13-18(28-20(24-13)15-5-3-2-4-6-15)19(26)25-21-23-12-17(27-21)11-14-7-9-16(22)10-8-14/h2-10,12H,11H2,1H3,(H,23,25,26). The fourth-order valence-corrected chi connectivity index (χ4v) is 4.52. The maximum Gasteiger partial charge on any atom is 0.269 e. The molecule has 4 rings (SSSR count). The molecule has 0 fully saturated rings. The van der Waals surface area contributed by atoms with Crippen LogP contribution in [0.3, 0.4) is 0 Å². The van der Waals surface area contributed by atoms with Crippen molar-refractivity contribution in [2.24, 2.45) is 0 Å². The van der Waals surface area contributed by atoms with Crippen LogP contribution in [-0.2, 0) is 6.42 Å². The molecule has 4 aromatic rings. The van der Waals surface area contributed by atoms with Crippen molar-refractivity contribution < 1.29 is 9.18 Å². The number of anilines is 1. The summed E-state index contributed by atoms with van der Waals surface area (Å²) in [5.74, 6) is -0.462. The van der Waals surface area contributed by atoms with Crippen LogP contribution in [0.5, 0.6) is 0 Å². The molecule has 28 heavy (non-hydrogen) atoms. The summed E-state index contributed by atoms with van der Waals surface area (Å²) in [6, 6.07) is 16.2. The van der Waals surface area contributed by atoms with Crippen LogP contribution in [0.4, 0.5) is 9.52 Å². The molecule has 0 atom stereocenters. The van der Waals surface area contributed by atoms with Gasteiger partial charge in [0, 0.05) is 23.1 Å². The molecule has 0 aliphatic heterocycles. The molecule has 0 aliphatic rings. The van der Waals surface area contributed by atoms with Crippen LogP contribution in [0, 0.1) is 12.7 Å². The van der Waals surface area contributed by atoms with Gasteiger partial charge in [-0.15, -0.1) is 22.7 Å². The van der Waals surface area contributed by atoms with E-state index in [1.807, 2.05) is 37.3 Å². The molecule has 2 heterocycles. The van der Waals surface area contributed by atoms with Crippen LogP contribution in [0.25, 0.3) is 10.6 Å². The van der Waals surface area contributed by atoms with Gasteiger partial charge in [0.1, 0.15) is 15.7 Å². The molecular formula is C21H16FN3OS2. The zero-order valence-electron chi connectivity index (χ0n) is 15.0. The summed E-state index contributed by atoms with van der Waals surface area (Å²) in [5, 5.41) is 4.22. The van der Waals surface area contributed by atoms with E-state index >= 15 is 0 Å². The third-order valence-corrected chi connectivity index (χ3v) is 6.21. The number of nitrogens with zero attached hydrogens (tertiary/aromatic N) is 2. The number of benzene rings is 2. The van der Waals surface area contributed by atoms with Crippen molar-refractivity contribution >= 4 is 33.7 Å². The molecule has 0 saturated heterocycles. The number of nitrogens with one attached hydrogen (secondary N) is 1. The minimum Gasteiger partial charge on any atom is -0.297 e. The Labute approximate surface area is 169 Å². The molecule has 0 aliphatic carbocycles. The van der Waals surface area contributed by atoms with E-state index in [2.05, 4.69) is 15.3 Å². The van der Waals surface area contributed by atoms with E-state index in [4.69, 9.17) is 0 Å². The van der Waals surface area contributed by atoms with Gasteiger partial charge in [0.2, 0.25) is 0 Å². The Morgan fingerprint density at radius 2 is 1.82 bits per heavy atom. The Morgan fingerprint density at radius 1 is 1.07 bits per heavy atom. The number of rotatable bonds is 5. The zero-order chi connectivity index (χ0) is 19.5. The molecule has 140 valence electrons. The van der Waals surface area contributed by atoms with E-state index in [0.717, 1.165) is 21.0 Å². The second-order valence-corrected chi connectivity index (χ2v) is 8.30. The van der Waals surface area contributed by atoms with Crippen LogP contribution in [0.1, 0.15) is 25.8 Å². The summed E-state index contributed by atoms with van der Waals surface area (Å²) in [5.41, 5.74) is 2.68. The Bertz CT molecular complexity index is 1100. The topological polar surface area (TPSA) is 54.9 Å². The summed E-state index contributed by atoms with van der Waals surface area (Å²) >= 11 is 2.78. The normalized spacial score (nSPS) is 10.8. The highest BCUT2D eigenvalue weighted by molar-refractivity contribution is 7.17. The average molecular weight is 410 g/mol. The van der Waals surface area contributed by atoms with E-state index in [9.17, 15) is 9.18 Å². The maximum absolute atomic E-state index is 13.0. The number of hydrogen-bond donors (Lipinski definition) is 1. The van der Waals surface area contributed by atoms with Gasteiger partial charge in [-0.3, -0.25) is 10.1 Å². The molecule has 1 N–H and O–H groups in total. The molecule has 0 bridgehead atoms. The van der Waals surface area contributed by atoms with Crippen molar-refractivity contribution in [1.82, 2.24) is 9.97 Å². The molecule has 0 unspecified atom stereocenters. The first-order valence-corrected chi connectivity index (χ1v) is 10.2. The molecule has 0 saturated carbocycles. The number of carbonyl (C=O) groups is 1. The summed E-state index contributed by atoms with van der Waals surface area (Å²) in [6.07, 6.45) is 2.38. The van der Waals surface area contributed by atoms with Gasteiger partial charge >= 0.3 is 0 Å². The lowest BCUT2D eigenvalue weighted by atomic mass is 10.1. The molecule has 1 amide bonds. The molecule has 7 heteroatoms. The first-order chi connectivity index (χ1) is 13.6. The molecule has 2 aromatic carbocycles. The van der Waals surface area contributed by atoms with Crippen molar-refractivity contribution in [3.05, 3.63) is 87.6 Å². The lowest BCUT2D eigenvalue weighted by molar-refractivity contribution is 0.103. The Balaban J connectivity index is 1.46. The summed E-state index contributed by atoms with van der Waals surface area (Å²) < 4.78 is 13.0. The fourth-order valence-electron chi connectivity index (χ4n) is 2.72. The first-order valence-electron chi connectivity index (χ1n) is 8.62. The van der Waals surface area contributed by atoms with Gasteiger partial charge in [-0.25, -0.2) is 14.4 Å². The van der Waals surface area contributed by atoms with Crippen LogP contribution in [0.2, 0.25) is 0 Å². The summed E-state index contributed by atoms with van der Waals surface area (Å²) in [7, 11) is 0. The summed E-state index contributed by atoms with van der Waals surface area (Å²) in [4.78, 5) is 23.0. The highest BCUT2D eigenvalue weighted by Crippen LogP contribution is 2.29. The van der Waals surface area contributed by atoms with Crippen molar-refractivity contribution in [1.29, 1.82) is 0 Å². The molecular weight excluding hydrogens is 393 g/mol.